The monoisotopic (exact) mass is 355 g/mol. The number of methoxy groups -OCH3 is 1. The van der Waals surface area contributed by atoms with Crippen molar-refractivity contribution in [1.82, 2.24) is 10.3 Å². The highest BCUT2D eigenvalue weighted by molar-refractivity contribution is 5.94. The molecule has 26 heavy (non-hydrogen) atoms. The Morgan fingerprint density at radius 3 is 2.38 bits per heavy atom. The molecule has 0 saturated heterocycles. The van der Waals surface area contributed by atoms with Crippen LogP contribution in [0.1, 0.15) is 36.8 Å². The predicted molar refractivity (Wildman–Crippen MR) is 110 cm³/mol. The lowest BCUT2D eigenvalue weighted by Gasteiger charge is -2.06. The molecule has 1 N–H and O–H groups in total. The third kappa shape index (κ3) is 9.37. The average Bonchev–Trinajstić information content (AvgIpc) is 2.67. The molecule has 0 unspecified atom stereocenters. The normalized spacial score (nSPS) is 11.0. The van der Waals surface area contributed by atoms with Gasteiger partial charge in [0, 0.05) is 19.8 Å². The van der Waals surface area contributed by atoms with E-state index in [1.807, 2.05) is 32.9 Å². The van der Waals surface area contributed by atoms with Gasteiger partial charge in [0.25, 0.3) is 5.91 Å². The Labute approximate surface area is 156 Å². The van der Waals surface area contributed by atoms with Crippen molar-refractivity contribution in [1.29, 1.82) is 0 Å². The number of carbonyl (C=O) groups is 1. The van der Waals surface area contributed by atoms with Crippen molar-refractivity contribution in [3.63, 3.8) is 0 Å². The second kappa shape index (κ2) is 13.4. The first kappa shape index (κ1) is 23.1. The van der Waals surface area contributed by atoms with Crippen molar-refractivity contribution in [2.75, 3.05) is 20.7 Å². The highest BCUT2D eigenvalue weighted by atomic mass is 16.5. The highest BCUT2D eigenvalue weighted by Gasteiger charge is 2.06. The molecule has 0 fully saturated rings. The largest absolute Gasteiger partial charge is 0.497 e. The zero-order chi connectivity index (χ0) is 19.9. The molecule has 0 bridgehead atoms. The van der Waals surface area contributed by atoms with E-state index in [1.165, 1.54) is 0 Å². The molecule has 0 atom stereocenters. The first-order valence-electron chi connectivity index (χ1n) is 8.22. The van der Waals surface area contributed by atoms with Crippen LogP contribution in [0.3, 0.4) is 0 Å². The Morgan fingerprint density at radius 2 is 1.96 bits per heavy atom. The summed E-state index contributed by atoms with van der Waals surface area (Å²) in [5.41, 5.74) is 2.93. The fourth-order valence-electron chi connectivity index (χ4n) is 1.62. The molecule has 0 aromatic carbocycles. The summed E-state index contributed by atoms with van der Waals surface area (Å²) < 4.78 is 5.11. The summed E-state index contributed by atoms with van der Waals surface area (Å²) in [6, 6.07) is 3.51. The maximum Gasteiger partial charge on any atom is 0.253 e. The Morgan fingerprint density at radius 1 is 1.31 bits per heavy atom. The van der Waals surface area contributed by atoms with Crippen molar-refractivity contribution in [3.05, 3.63) is 72.3 Å². The summed E-state index contributed by atoms with van der Waals surface area (Å²) in [7, 11) is 3.35. The van der Waals surface area contributed by atoms with E-state index in [-0.39, 0.29) is 5.91 Å². The summed E-state index contributed by atoms with van der Waals surface area (Å²) in [5.74, 6) is 0.556. The van der Waals surface area contributed by atoms with Crippen molar-refractivity contribution in [2.24, 2.45) is 4.99 Å². The van der Waals surface area contributed by atoms with E-state index in [9.17, 15) is 4.79 Å². The SMILES string of the molecule is C=C(/C=C\C(=C/C)OC)CNC(=O)c1ccc(C(=C)C)nc1.CC=NC. The van der Waals surface area contributed by atoms with Gasteiger partial charge in [-0.15, -0.1) is 0 Å². The van der Waals surface area contributed by atoms with Gasteiger partial charge in [0.15, 0.2) is 0 Å². The fourth-order valence-corrected chi connectivity index (χ4v) is 1.62. The number of hydrogen-bond acceptors (Lipinski definition) is 4. The molecular formula is C21H29N3O2. The van der Waals surface area contributed by atoms with Crippen LogP contribution in [-0.2, 0) is 4.74 Å². The maximum atomic E-state index is 12.0. The van der Waals surface area contributed by atoms with E-state index in [0.29, 0.717) is 12.1 Å². The van der Waals surface area contributed by atoms with Gasteiger partial charge in [0.05, 0.1) is 18.4 Å². The highest BCUT2D eigenvalue weighted by Crippen LogP contribution is 2.08. The molecule has 140 valence electrons. The van der Waals surface area contributed by atoms with E-state index in [4.69, 9.17) is 4.74 Å². The van der Waals surface area contributed by atoms with E-state index >= 15 is 0 Å². The molecule has 1 aromatic heterocycles. The number of aliphatic imine (C=N–C) groups is 1. The first-order chi connectivity index (χ1) is 12.4. The Balaban J connectivity index is 0.00000141. The second-order valence-electron chi connectivity index (χ2n) is 5.30. The lowest BCUT2D eigenvalue weighted by molar-refractivity contribution is 0.0957. The molecular weight excluding hydrogens is 326 g/mol. The van der Waals surface area contributed by atoms with E-state index < -0.39 is 0 Å². The quantitative estimate of drug-likeness (QED) is 0.453. The van der Waals surface area contributed by atoms with Gasteiger partial charge in [-0.05, 0) is 62.4 Å². The fraction of sp³-hybridized carbons (Fsp3) is 0.286. The van der Waals surface area contributed by atoms with Crippen molar-refractivity contribution >= 4 is 17.7 Å². The number of allylic oxidation sites excluding steroid dienone is 3. The minimum atomic E-state index is -0.187. The Bertz CT molecular complexity index is 680. The van der Waals surface area contributed by atoms with E-state index in [2.05, 4.69) is 28.5 Å². The first-order valence-corrected chi connectivity index (χ1v) is 8.22. The summed E-state index contributed by atoms with van der Waals surface area (Å²) in [5, 5.41) is 2.79. The average molecular weight is 355 g/mol. The minimum Gasteiger partial charge on any atom is -0.497 e. The number of amides is 1. The van der Waals surface area contributed by atoms with E-state index in [1.54, 1.807) is 44.8 Å². The molecule has 1 rings (SSSR count). The number of hydrogen-bond donors (Lipinski definition) is 1. The van der Waals surface area contributed by atoms with Gasteiger partial charge < -0.3 is 15.0 Å². The second-order valence-corrected chi connectivity index (χ2v) is 5.30. The number of ether oxygens (including phenoxy) is 1. The van der Waals surface area contributed by atoms with Gasteiger partial charge in [-0.2, -0.15) is 0 Å². The molecule has 1 aromatic rings. The molecule has 0 aliphatic carbocycles. The summed E-state index contributed by atoms with van der Waals surface area (Å²) >= 11 is 0. The van der Waals surface area contributed by atoms with Gasteiger partial charge in [-0.3, -0.25) is 9.78 Å². The topological polar surface area (TPSA) is 63.6 Å². The van der Waals surface area contributed by atoms with Gasteiger partial charge in [-0.25, -0.2) is 0 Å². The lowest BCUT2D eigenvalue weighted by Crippen LogP contribution is -2.25. The van der Waals surface area contributed by atoms with Crippen LogP contribution in [0.25, 0.3) is 5.57 Å². The number of aromatic nitrogens is 1. The number of carbonyl (C=O) groups excluding carboxylic acids is 1. The lowest BCUT2D eigenvalue weighted by atomic mass is 10.2. The standard InChI is InChI=1S/C18H22N2O2.C3H7N/c1-6-16(22-5)9-7-14(4)11-20-18(21)15-8-10-17(13(2)3)19-12-15;1-3-4-2/h6-10,12H,2,4,11H2,1,3,5H3,(H,20,21);3H,1-2H3/b9-7-,16-6+;. The smallest absolute Gasteiger partial charge is 0.253 e. The number of pyridine rings is 1. The predicted octanol–water partition coefficient (Wildman–Crippen LogP) is 4.21. The molecule has 0 saturated carbocycles. The molecule has 5 nitrogen and oxygen atoms in total. The molecule has 0 radical (unpaired) electrons. The molecule has 1 heterocycles. The minimum absolute atomic E-state index is 0.187. The van der Waals surface area contributed by atoms with Crippen molar-refractivity contribution in [3.8, 4) is 0 Å². The van der Waals surface area contributed by atoms with Crippen LogP contribution in [0.5, 0.6) is 0 Å². The van der Waals surface area contributed by atoms with Crippen LogP contribution in [0.15, 0.2) is 66.0 Å². The summed E-state index contributed by atoms with van der Waals surface area (Å²) in [6.45, 7) is 13.7. The Hall–Kier alpha value is -2.95. The third-order valence-electron chi connectivity index (χ3n) is 3.20. The van der Waals surface area contributed by atoms with Crippen LogP contribution in [0, 0.1) is 0 Å². The van der Waals surface area contributed by atoms with Crippen LogP contribution in [0.4, 0.5) is 0 Å². The molecule has 5 heteroatoms. The summed E-state index contributed by atoms with van der Waals surface area (Å²) in [6.07, 6.45) is 8.75. The van der Waals surface area contributed by atoms with Gasteiger partial charge in [0.2, 0.25) is 0 Å². The molecule has 1 amide bonds. The molecule has 0 aliphatic rings. The van der Waals surface area contributed by atoms with Crippen molar-refractivity contribution in [2.45, 2.75) is 20.8 Å². The number of nitrogens with zero attached hydrogens (tertiary/aromatic N) is 2. The molecule has 0 spiro atoms. The third-order valence-corrected chi connectivity index (χ3v) is 3.20. The van der Waals surface area contributed by atoms with Crippen LogP contribution >= 0.6 is 0 Å². The number of nitrogens with one attached hydrogen (secondary N) is 1. The maximum absolute atomic E-state index is 12.0. The van der Waals surface area contributed by atoms with Crippen LogP contribution in [0.2, 0.25) is 0 Å². The molecule has 0 aliphatic heterocycles. The van der Waals surface area contributed by atoms with E-state index in [0.717, 1.165) is 22.6 Å². The number of rotatable bonds is 7. The van der Waals surface area contributed by atoms with Crippen LogP contribution < -0.4 is 5.32 Å². The Kier molecular flexibility index (Phi) is 11.8. The zero-order valence-corrected chi connectivity index (χ0v) is 16.4. The van der Waals surface area contributed by atoms with Gasteiger partial charge in [0.1, 0.15) is 5.76 Å². The van der Waals surface area contributed by atoms with Crippen molar-refractivity contribution < 1.29 is 9.53 Å². The van der Waals surface area contributed by atoms with Crippen LogP contribution in [-0.4, -0.2) is 37.8 Å². The summed E-state index contributed by atoms with van der Waals surface area (Å²) in [4.78, 5) is 19.8. The van der Waals surface area contributed by atoms with Gasteiger partial charge >= 0.3 is 0 Å². The van der Waals surface area contributed by atoms with Gasteiger partial charge in [-0.1, -0.05) is 19.2 Å². The zero-order valence-electron chi connectivity index (χ0n) is 16.4.